The van der Waals surface area contributed by atoms with Crippen LogP contribution in [-0.4, -0.2) is 60.2 Å². The third-order valence-electron chi connectivity index (χ3n) is 5.43. The zero-order valence-electron chi connectivity index (χ0n) is 17.2. The largest absolute Gasteiger partial charge is 0.446 e. The molecule has 2 unspecified atom stereocenters. The van der Waals surface area contributed by atoms with Crippen molar-refractivity contribution >= 4 is 11.8 Å². The number of rotatable bonds is 8. The van der Waals surface area contributed by atoms with Crippen molar-refractivity contribution in [2.24, 2.45) is 0 Å². The van der Waals surface area contributed by atoms with E-state index in [0.29, 0.717) is 26.3 Å². The van der Waals surface area contributed by atoms with Gasteiger partial charge in [-0.05, 0) is 43.9 Å². The average molecular weight is 431 g/mol. The van der Waals surface area contributed by atoms with Crippen molar-refractivity contribution in [2.75, 3.05) is 26.3 Å². The monoisotopic (exact) mass is 431 g/mol. The predicted octanol–water partition coefficient (Wildman–Crippen LogP) is 2.54. The first-order chi connectivity index (χ1) is 15.1. The van der Waals surface area contributed by atoms with Crippen LogP contribution in [0.15, 0.2) is 34.9 Å². The molecule has 1 aromatic carbocycles. The topological polar surface area (TPSA) is 93.9 Å². The van der Waals surface area contributed by atoms with Crippen LogP contribution in [0.25, 0.3) is 0 Å². The van der Waals surface area contributed by atoms with Crippen molar-refractivity contribution in [1.29, 1.82) is 0 Å². The van der Waals surface area contributed by atoms with Crippen molar-refractivity contribution in [3.8, 4) is 0 Å². The maximum Gasteiger partial charge on any atom is 0.273 e. The highest BCUT2D eigenvalue weighted by molar-refractivity contribution is 5.94. The average Bonchev–Trinajstić information content (AvgIpc) is 3.54. The molecule has 1 aromatic heterocycles. The van der Waals surface area contributed by atoms with Crippen LogP contribution in [0.1, 0.15) is 52.4 Å². The minimum atomic E-state index is -0.482. The Morgan fingerprint density at radius 3 is 2.65 bits per heavy atom. The Labute approximate surface area is 179 Å². The molecule has 2 aliphatic rings. The number of nitrogens with one attached hydrogen (secondary N) is 1. The molecule has 2 aliphatic heterocycles. The number of nitrogens with zero attached hydrogens (tertiary/aromatic N) is 2. The van der Waals surface area contributed by atoms with Crippen LogP contribution in [0.2, 0.25) is 0 Å². The zero-order valence-corrected chi connectivity index (χ0v) is 17.2. The Balaban J connectivity index is 1.42. The highest BCUT2D eigenvalue weighted by Gasteiger charge is 2.26. The van der Waals surface area contributed by atoms with Crippen molar-refractivity contribution < 1.29 is 27.9 Å². The van der Waals surface area contributed by atoms with Gasteiger partial charge in [-0.3, -0.25) is 9.59 Å². The molecule has 0 saturated carbocycles. The van der Waals surface area contributed by atoms with Gasteiger partial charge in [0.25, 0.3) is 11.8 Å². The summed E-state index contributed by atoms with van der Waals surface area (Å²) in [5, 5.41) is 2.79. The molecule has 0 radical (unpaired) electrons. The number of hydrogen-bond acceptors (Lipinski definition) is 6. The second-order valence-electron chi connectivity index (χ2n) is 7.80. The van der Waals surface area contributed by atoms with E-state index in [1.807, 2.05) is 0 Å². The molecular formula is C22H26FN3O5. The smallest absolute Gasteiger partial charge is 0.273 e. The molecule has 0 spiro atoms. The van der Waals surface area contributed by atoms with E-state index in [9.17, 15) is 14.0 Å². The molecule has 2 atom stereocenters. The van der Waals surface area contributed by atoms with E-state index >= 15 is 0 Å². The first kappa shape index (κ1) is 21.5. The Morgan fingerprint density at radius 2 is 1.94 bits per heavy atom. The molecule has 0 aliphatic carbocycles. The third-order valence-corrected chi connectivity index (χ3v) is 5.43. The molecule has 0 bridgehead atoms. The van der Waals surface area contributed by atoms with Gasteiger partial charge in [0.1, 0.15) is 12.1 Å². The number of carbonyl (C=O) groups is 2. The summed E-state index contributed by atoms with van der Waals surface area (Å²) < 4.78 is 30.2. The van der Waals surface area contributed by atoms with Crippen LogP contribution < -0.4 is 5.32 Å². The fourth-order valence-corrected chi connectivity index (χ4v) is 3.81. The Bertz CT molecular complexity index is 906. The summed E-state index contributed by atoms with van der Waals surface area (Å²) in [7, 11) is 0. The van der Waals surface area contributed by atoms with Crippen molar-refractivity contribution in [2.45, 2.75) is 44.4 Å². The standard InChI is InChI=1S/C22H26FN3O5/c23-16-5-1-4-15(10-16)22(28)26(12-18-7-3-9-30-18)13-20-25-19(14-31-20)21(27)24-11-17-6-2-8-29-17/h1,4-5,10,14,17-18H,2-3,6-9,11-13H2,(H,24,27). The minimum Gasteiger partial charge on any atom is -0.446 e. The quantitative estimate of drug-likeness (QED) is 0.690. The van der Waals surface area contributed by atoms with Gasteiger partial charge in [-0.15, -0.1) is 0 Å². The Hall–Kier alpha value is -2.78. The molecule has 166 valence electrons. The lowest BCUT2D eigenvalue weighted by Crippen LogP contribution is -2.37. The lowest BCUT2D eigenvalue weighted by molar-refractivity contribution is 0.0487. The van der Waals surface area contributed by atoms with E-state index in [0.717, 1.165) is 25.7 Å². The summed E-state index contributed by atoms with van der Waals surface area (Å²) >= 11 is 0. The van der Waals surface area contributed by atoms with Crippen LogP contribution in [0.3, 0.4) is 0 Å². The minimum absolute atomic E-state index is 0.0288. The van der Waals surface area contributed by atoms with E-state index in [2.05, 4.69) is 10.3 Å². The number of ether oxygens (including phenoxy) is 2. The number of carbonyl (C=O) groups excluding carboxylic acids is 2. The maximum absolute atomic E-state index is 13.6. The number of benzene rings is 1. The van der Waals surface area contributed by atoms with Gasteiger partial charge in [-0.1, -0.05) is 6.07 Å². The molecule has 1 N–H and O–H groups in total. The zero-order chi connectivity index (χ0) is 21.6. The molecule has 2 aromatic rings. The van der Waals surface area contributed by atoms with Crippen LogP contribution in [0.5, 0.6) is 0 Å². The van der Waals surface area contributed by atoms with Gasteiger partial charge in [0.15, 0.2) is 5.69 Å². The van der Waals surface area contributed by atoms with E-state index in [1.54, 1.807) is 6.07 Å². The fraction of sp³-hybridized carbons (Fsp3) is 0.500. The van der Waals surface area contributed by atoms with Crippen LogP contribution in [0, 0.1) is 5.82 Å². The third kappa shape index (κ3) is 5.68. The van der Waals surface area contributed by atoms with Gasteiger partial charge in [0, 0.05) is 31.9 Å². The van der Waals surface area contributed by atoms with E-state index in [4.69, 9.17) is 13.9 Å². The number of oxazole rings is 1. The molecule has 9 heteroatoms. The molecule has 2 fully saturated rings. The van der Waals surface area contributed by atoms with Crippen molar-refractivity contribution in [3.63, 3.8) is 0 Å². The van der Waals surface area contributed by atoms with Gasteiger partial charge in [-0.25, -0.2) is 9.37 Å². The van der Waals surface area contributed by atoms with Crippen LogP contribution in [-0.2, 0) is 16.0 Å². The Morgan fingerprint density at radius 1 is 1.16 bits per heavy atom. The molecule has 2 saturated heterocycles. The molecule has 3 heterocycles. The summed E-state index contributed by atoms with van der Waals surface area (Å²) in [5.41, 5.74) is 0.377. The molecule has 31 heavy (non-hydrogen) atoms. The predicted molar refractivity (Wildman–Crippen MR) is 108 cm³/mol. The summed E-state index contributed by atoms with van der Waals surface area (Å²) in [5.74, 6) is -0.959. The highest BCUT2D eigenvalue weighted by Crippen LogP contribution is 2.18. The number of amides is 2. The van der Waals surface area contributed by atoms with E-state index in [1.165, 1.54) is 29.4 Å². The second-order valence-corrected chi connectivity index (χ2v) is 7.80. The number of hydrogen-bond donors (Lipinski definition) is 1. The van der Waals surface area contributed by atoms with Crippen LogP contribution >= 0.6 is 0 Å². The lowest BCUT2D eigenvalue weighted by atomic mass is 10.1. The first-order valence-electron chi connectivity index (χ1n) is 10.6. The summed E-state index contributed by atoms with van der Waals surface area (Å²) in [6, 6.07) is 5.54. The first-order valence-corrected chi connectivity index (χ1v) is 10.6. The summed E-state index contributed by atoms with van der Waals surface area (Å²) in [4.78, 5) is 31.1. The number of halogens is 1. The van der Waals surface area contributed by atoms with Gasteiger partial charge in [-0.2, -0.15) is 0 Å². The van der Waals surface area contributed by atoms with Crippen LogP contribution in [0.4, 0.5) is 4.39 Å². The van der Waals surface area contributed by atoms with Crippen molar-refractivity contribution in [1.82, 2.24) is 15.2 Å². The summed E-state index contributed by atoms with van der Waals surface area (Å²) in [6.07, 6.45) is 4.90. The maximum atomic E-state index is 13.6. The SMILES string of the molecule is O=C(NCC1CCCO1)c1coc(CN(CC2CCCO2)C(=O)c2cccc(F)c2)n1. The summed E-state index contributed by atoms with van der Waals surface area (Å²) in [6.45, 7) is 2.17. The molecule has 4 rings (SSSR count). The molecular weight excluding hydrogens is 405 g/mol. The van der Waals surface area contributed by atoms with Gasteiger partial charge in [0.2, 0.25) is 5.89 Å². The lowest BCUT2D eigenvalue weighted by Gasteiger charge is -2.24. The van der Waals surface area contributed by atoms with Gasteiger partial charge in [0.05, 0.1) is 18.8 Å². The van der Waals surface area contributed by atoms with E-state index < -0.39 is 5.82 Å². The second kappa shape index (κ2) is 10.0. The van der Waals surface area contributed by atoms with Gasteiger partial charge >= 0.3 is 0 Å². The molecule has 2 amide bonds. The normalized spacial score (nSPS) is 20.7. The number of aromatic nitrogens is 1. The molecule has 8 nitrogen and oxygen atoms in total. The van der Waals surface area contributed by atoms with Crippen molar-refractivity contribution in [3.05, 3.63) is 53.5 Å². The Kier molecular flexibility index (Phi) is 6.93. The highest BCUT2D eigenvalue weighted by atomic mass is 19.1. The fourth-order valence-electron chi connectivity index (χ4n) is 3.81. The van der Waals surface area contributed by atoms with E-state index in [-0.39, 0.29) is 47.7 Å². The van der Waals surface area contributed by atoms with Gasteiger partial charge < -0.3 is 24.1 Å².